The number of sulfone groups is 1. The van der Waals surface area contributed by atoms with E-state index in [0.29, 0.717) is 5.02 Å². The van der Waals surface area contributed by atoms with Crippen molar-refractivity contribution < 1.29 is 13.2 Å². The maximum atomic E-state index is 12.7. The Morgan fingerprint density at radius 2 is 1.64 bits per heavy atom. The Bertz CT molecular complexity index is 772. The molecule has 116 valence electrons. The van der Waals surface area contributed by atoms with Crippen molar-refractivity contribution in [3.63, 3.8) is 0 Å². The maximum absolute atomic E-state index is 12.7. The quantitative estimate of drug-likeness (QED) is 0.931. The van der Waals surface area contributed by atoms with E-state index in [-0.39, 0.29) is 10.8 Å². The maximum Gasteiger partial charge on any atom is 0.183 e. The average Bonchev–Trinajstić information content (AvgIpc) is 3.20. The molecule has 22 heavy (non-hydrogen) atoms. The molecule has 2 aromatic carbocycles. The van der Waals surface area contributed by atoms with Gasteiger partial charge in [0.2, 0.25) is 0 Å². The van der Waals surface area contributed by atoms with Gasteiger partial charge in [-0.1, -0.05) is 23.7 Å². The lowest BCUT2D eigenvalue weighted by molar-refractivity contribution is 0.414. The predicted octanol–water partition coefficient (Wildman–Crippen LogP) is 2.62. The van der Waals surface area contributed by atoms with Gasteiger partial charge < -0.3 is 10.5 Å². The lowest BCUT2D eigenvalue weighted by Crippen LogP contribution is -2.15. The standard InChI is InChI=1S/C16H16ClNO3S/c1-21-12-6-2-10(3-7-12)14-15(18)16(14)22(19,20)13-8-4-11(17)5-9-13/h2-9,14-16H,18H2,1H3/t14-,15+,16+/m0/s1. The summed E-state index contributed by atoms with van der Waals surface area (Å²) < 4.78 is 30.5. The van der Waals surface area contributed by atoms with Gasteiger partial charge >= 0.3 is 0 Å². The van der Waals surface area contributed by atoms with Crippen LogP contribution in [0.25, 0.3) is 0 Å². The normalized spacial score (nSPS) is 24.0. The molecule has 2 N–H and O–H groups in total. The summed E-state index contributed by atoms with van der Waals surface area (Å²) in [4.78, 5) is 0.258. The minimum atomic E-state index is -3.46. The van der Waals surface area contributed by atoms with Crippen molar-refractivity contribution in [2.75, 3.05) is 7.11 Å². The van der Waals surface area contributed by atoms with Crippen LogP contribution in [0.15, 0.2) is 53.4 Å². The molecule has 0 spiro atoms. The fraction of sp³-hybridized carbons (Fsp3) is 0.250. The van der Waals surface area contributed by atoms with Gasteiger partial charge in [0.25, 0.3) is 0 Å². The molecule has 0 heterocycles. The highest BCUT2D eigenvalue weighted by Gasteiger charge is 2.57. The van der Waals surface area contributed by atoms with Gasteiger partial charge in [0.05, 0.1) is 17.3 Å². The molecule has 0 aliphatic heterocycles. The number of benzene rings is 2. The Morgan fingerprint density at radius 1 is 1.05 bits per heavy atom. The molecule has 6 heteroatoms. The molecular formula is C16H16ClNO3S. The van der Waals surface area contributed by atoms with Gasteiger partial charge in [0.15, 0.2) is 9.84 Å². The van der Waals surface area contributed by atoms with E-state index in [1.54, 1.807) is 19.2 Å². The topological polar surface area (TPSA) is 69.4 Å². The van der Waals surface area contributed by atoms with Crippen LogP contribution in [0.1, 0.15) is 11.5 Å². The summed E-state index contributed by atoms with van der Waals surface area (Å²) >= 11 is 5.81. The molecule has 1 aliphatic carbocycles. The van der Waals surface area contributed by atoms with Crippen molar-refractivity contribution in [3.05, 3.63) is 59.1 Å². The fourth-order valence-corrected chi connectivity index (χ4v) is 4.90. The van der Waals surface area contributed by atoms with Crippen LogP contribution >= 0.6 is 11.6 Å². The summed E-state index contributed by atoms with van der Waals surface area (Å²) in [5.41, 5.74) is 6.94. The molecule has 3 rings (SSSR count). The van der Waals surface area contributed by atoms with Crippen LogP contribution in [0.5, 0.6) is 5.75 Å². The SMILES string of the molecule is COc1ccc([C@H]2[C@@H](N)[C@@H]2S(=O)(=O)c2ccc(Cl)cc2)cc1. The van der Waals surface area contributed by atoms with E-state index in [4.69, 9.17) is 22.1 Å². The Kier molecular flexibility index (Phi) is 3.89. The zero-order valence-electron chi connectivity index (χ0n) is 11.9. The van der Waals surface area contributed by atoms with Gasteiger partial charge in [-0.05, 0) is 42.0 Å². The number of nitrogens with two attached hydrogens (primary N) is 1. The summed E-state index contributed by atoms with van der Waals surface area (Å²) in [5, 5.41) is -0.0900. The van der Waals surface area contributed by atoms with Crippen molar-refractivity contribution in [2.24, 2.45) is 5.73 Å². The second-order valence-electron chi connectivity index (χ2n) is 5.34. The van der Waals surface area contributed by atoms with Gasteiger partial charge in [0, 0.05) is 17.0 Å². The molecule has 0 radical (unpaired) electrons. The van der Waals surface area contributed by atoms with Gasteiger partial charge in [0.1, 0.15) is 5.75 Å². The summed E-state index contributed by atoms with van der Waals surface area (Å²) in [6.07, 6.45) is 0. The highest BCUT2D eigenvalue weighted by Crippen LogP contribution is 2.47. The van der Waals surface area contributed by atoms with Crippen LogP contribution in [0.4, 0.5) is 0 Å². The number of ether oxygens (including phenoxy) is 1. The van der Waals surface area contributed by atoms with Crippen LogP contribution in [0.3, 0.4) is 0 Å². The molecule has 1 aliphatic rings. The van der Waals surface area contributed by atoms with Crippen LogP contribution in [-0.4, -0.2) is 26.8 Å². The largest absolute Gasteiger partial charge is 0.497 e. The van der Waals surface area contributed by atoms with Crippen molar-refractivity contribution >= 4 is 21.4 Å². The smallest absolute Gasteiger partial charge is 0.183 e. The molecule has 0 bridgehead atoms. The third-order valence-corrected chi connectivity index (χ3v) is 6.51. The average molecular weight is 338 g/mol. The Balaban J connectivity index is 1.87. The third kappa shape index (κ3) is 2.60. The van der Waals surface area contributed by atoms with Gasteiger partial charge in [-0.3, -0.25) is 0 Å². The van der Waals surface area contributed by atoms with Gasteiger partial charge in [-0.2, -0.15) is 0 Å². The first kappa shape index (κ1) is 15.3. The van der Waals surface area contributed by atoms with Crippen molar-refractivity contribution in [3.8, 4) is 5.75 Å². The number of halogens is 1. The Hall–Kier alpha value is -1.56. The number of rotatable bonds is 4. The van der Waals surface area contributed by atoms with E-state index in [1.165, 1.54) is 12.1 Å². The minimum absolute atomic E-state index is 0.188. The first-order valence-electron chi connectivity index (χ1n) is 6.84. The molecule has 0 saturated heterocycles. The molecule has 0 unspecified atom stereocenters. The molecule has 2 aromatic rings. The van der Waals surface area contributed by atoms with E-state index < -0.39 is 21.1 Å². The van der Waals surface area contributed by atoms with Crippen LogP contribution in [0.2, 0.25) is 5.02 Å². The first-order chi connectivity index (χ1) is 10.4. The summed E-state index contributed by atoms with van der Waals surface area (Å²) in [7, 11) is -1.87. The van der Waals surface area contributed by atoms with E-state index in [9.17, 15) is 8.42 Å². The lowest BCUT2D eigenvalue weighted by atomic mass is 10.1. The van der Waals surface area contributed by atoms with Crippen molar-refractivity contribution in [1.82, 2.24) is 0 Å². The molecule has 0 amide bonds. The van der Waals surface area contributed by atoms with E-state index in [0.717, 1.165) is 11.3 Å². The molecule has 4 nitrogen and oxygen atoms in total. The zero-order chi connectivity index (χ0) is 15.9. The van der Waals surface area contributed by atoms with Gasteiger partial charge in [-0.15, -0.1) is 0 Å². The Labute approximate surface area is 134 Å². The molecule has 1 saturated carbocycles. The monoisotopic (exact) mass is 337 g/mol. The summed E-state index contributed by atoms with van der Waals surface area (Å²) in [6, 6.07) is 13.1. The summed E-state index contributed by atoms with van der Waals surface area (Å²) in [6.45, 7) is 0. The molecule has 0 aromatic heterocycles. The Morgan fingerprint density at radius 3 is 2.18 bits per heavy atom. The molecule has 1 fully saturated rings. The molecule has 3 atom stereocenters. The van der Waals surface area contributed by atoms with Crippen LogP contribution < -0.4 is 10.5 Å². The van der Waals surface area contributed by atoms with E-state index in [1.807, 2.05) is 24.3 Å². The number of hydrogen-bond donors (Lipinski definition) is 1. The van der Waals surface area contributed by atoms with Crippen molar-refractivity contribution in [1.29, 1.82) is 0 Å². The highest BCUT2D eigenvalue weighted by atomic mass is 35.5. The van der Waals surface area contributed by atoms with E-state index in [2.05, 4.69) is 0 Å². The van der Waals surface area contributed by atoms with Crippen LogP contribution in [-0.2, 0) is 9.84 Å². The first-order valence-corrected chi connectivity index (χ1v) is 8.76. The predicted molar refractivity (Wildman–Crippen MR) is 86.1 cm³/mol. The van der Waals surface area contributed by atoms with Crippen molar-refractivity contribution in [2.45, 2.75) is 22.1 Å². The summed E-state index contributed by atoms with van der Waals surface area (Å²) in [5.74, 6) is 0.543. The van der Waals surface area contributed by atoms with Crippen LogP contribution in [0, 0.1) is 0 Å². The number of hydrogen-bond acceptors (Lipinski definition) is 4. The lowest BCUT2D eigenvalue weighted by Gasteiger charge is -2.05. The second kappa shape index (κ2) is 5.57. The minimum Gasteiger partial charge on any atom is -0.497 e. The van der Waals surface area contributed by atoms with E-state index >= 15 is 0 Å². The fourth-order valence-electron chi connectivity index (χ4n) is 2.72. The second-order valence-corrected chi connectivity index (χ2v) is 7.88. The third-order valence-electron chi connectivity index (χ3n) is 4.01. The highest BCUT2D eigenvalue weighted by molar-refractivity contribution is 7.92. The zero-order valence-corrected chi connectivity index (χ0v) is 13.5. The molecular weight excluding hydrogens is 322 g/mol. The number of methoxy groups -OCH3 is 1. The van der Waals surface area contributed by atoms with Gasteiger partial charge in [-0.25, -0.2) is 8.42 Å².